The van der Waals surface area contributed by atoms with E-state index < -0.39 is 11.9 Å². The van der Waals surface area contributed by atoms with E-state index in [0.717, 1.165) is 11.8 Å². The molecule has 0 aliphatic heterocycles. The number of rotatable bonds is 1. The van der Waals surface area contributed by atoms with Crippen molar-refractivity contribution in [1.82, 2.24) is 9.38 Å². The molecule has 0 unspecified atom stereocenters. The van der Waals surface area contributed by atoms with Gasteiger partial charge in [0.1, 0.15) is 5.65 Å². The Hall–Kier alpha value is -1.04. The SMILES string of the molecule is FC(F)(F)c1cn2cccc(CBr)c2n1. The highest BCUT2D eigenvalue weighted by molar-refractivity contribution is 9.08. The van der Waals surface area contributed by atoms with Gasteiger partial charge in [-0.15, -0.1) is 0 Å². The van der Waals surface area contributed by atoms with E-state index in [2.05, 4.69) is 20.9 Å². The quantitative estimate of drug-likeness (QED) is 0.732. The highest BCUT2D eigenvalue weighted by atomic mass is 79.9. The minimum atomic E-state index is -4.39. The van der Waals surface area contributed by atoms with Crippen molar-refractivity contribution in [2.24, 2.45) is 0 Å². The number of nitrogens with zero attached hydrogens (tertiary/aromatic N) is 2. The van der Waals surface area contributed by atoms with Gasteiger partial charge >= 0.3 is 6.18 Å². The Kier molecular flexibility index (Phi) is 2.46. The van der Waals surface area contributed by atoms with Gasteiger partial charge in [-0.25, -0.2) is 4.98 Å². The molecule has 0 saturated heterocycles. The summed E-state index contributed by atoms with van der Waals surface area (Å²) in [6, 6.07) is 3.42. The van der Waals surface area contributed by atoms with Gasteiger partial charge < -0.3 is 4.40 Å². The monoisotopic (exact) mass is 278 g/mol. The summed E-state index contributed by atoms with van der Waals surface area (Å²) >= 11 is 3.20. The summed E-state index contributed by atoms with van der Waals surface area (Å²) in [7, 11) is 0. The summed E-state index contributed by atoms with van der Waals surface area (Å²) < 4.78 is 38.5. The van der Waals surface area contributed by atoms with Crippen LogP contribution in [0.4, 0.5) is 13.2 Å². The molecule has 15 heavy (non-hydrogen) atoms. The molecular weight excluding hydrogens is 273 g/mol. The topological polar surface area (TPSA) is 17.3 Å². The minimum Gasteiger partial charge on any atom is -0.306 e. The number of hydrogen-bond donors (Lipinski definition) is 0. The average molecular weight is 279 g/mol. The summed E-state index contributed by atoms with van der Waals surface area (Å²) in [5.74, 6) is 0. The normalized spacial score (nSPS) is 12.3. The molecule has 0 N–H and O–H groups in total. The molecule has 0 saturated carbocycles. The molecular formula is C9H6BrF3N2. The third-order valence-electron chi connectivity index (χ3n) is 2.00. The number of alkyl halides is 4. The Labute approximate surface area is 91.9 Å². The standard InChI is InChI=1S/C9H6BrF3N2/c10-4-6-2-1-3-15-5-7(9(11,12)13)14-8(6)15/h1-3,5H,4H2. The lowest BCUT2D eigenvalue weighted by atomic mass is 10.3. The van der Waals surface area contributed by atoms with E-state index >= 15 is 0 Å². The van der Waals surface area contributed by atoms with Crippen LogP contribution in [0.3, 0.4) is 0 Å². The van der Waals surface area contributed by atoms with Crippen LogP contribution in [0.2, 0.25) is 0 Å². The maximum atomic E-state index is 12.4. The molecule has 0 aliphatic rings. The fourth-order valence-electron chi connectivity index (χ4n) is 1.31. The molecule has 0 aromatic carbocycles. The van der Waals surface area contributed by atoms with Crippen molar-refractivity contribution in [3.05, 3.63) is 35.8 Å². The zero-order valence-corrected chi connectivity index (χ0v) is 9.01. The summed E-state index contributed by atoms with van der Waals surface area (Å²) in [5.41, 5.74) is 0.200. The first-order valence-corrected chi connectivity index (χ1v) is 5.24. The largest absolute Gasteiger partial charge is 0.434 e. The molecule has 2 rings (SSSR count). The van der Waals surface area contributed by atoms with Crippen LogP contribution in [0.25, 0.3) is 5.65 Å². The van der Waals surface area contributed by atoms with Gasteiger partial charge in [0.15, 0.2) is 5.69 Å². The Morgan fingerprint density at radius 2 is 2.13 bits per heavy atom. The van der Waals surface area contributed by atoms with E-state index in [0.29, 0.717) is 11.0 Å². The first-order chi connectivity index (χ1) is 7.02. The van der Waals surface area contributed by atoms with Crippen LogP contribution < -0.4 is 0 Å². The van der Waals surface area contributed by atoms with Gasteiger partial charge in [-0.2, -0.15) is 13.2 Å². The Balaban J connectivity index is 2.65. The second kappa shape index (κ2) is 3.52. The molecule has 6 heteroatoms. The van der Waals surface area contributed by atoms with Crippen molar-refractivity contribution in [3.63, 3.8) is 0 Å². The van der Waals surface area contributed by atoms with E-state index in [1.807, 2.05) is 0 Å². The summed E-state index contributed by atoms with van der Waals surface area (Å²) in [6.07, 6.45) is -1.86. The minimum absolute atomic E-state index is 0.335. The number of imidazole rings is 1. The zero-order chi connectivity index (χ0) is 11.1. The highest BCUT2D eigenvalue weighted by Crippen LogP contribution is 2.29. The number of aromatic nitrogens is 2. The van der Waals surface area contributed by atoms with Gasteiger partial charge in [-0.1, -0.05) is 22.0 Å². The smallest absolute Gasteiger partial charge is 0.306 e. The molecule has 2 aromatic heterocycles. The van der Waals surface area contributed by atoms with Crippen LogP contribution in [0.15, 0.2) is 24.5 Å². The molecule has 2 heterocycles. The summed E-state index contributed by atoms with van der Waals surface area (Å²) in [4.78, 5) is 3.56. The fourth-order valence-corrected chi connectivity index (χ4v) is 1.75. The summed E-state index contributed by atoms with van der Waals surface area (Å²) in [6.45, 7) is 0. The highest BCUT2D eigenvalue weighted by Gasteiger charge is 2.34. The molecule has 0 aliphatic carbocycles. The average Bonchev–Trinajstić information content (AvgIpc) is 2.59. The van der Waals surface area contributed by atoms with Gasteiger partial charge in [-0.3, -0.25) is 0 Å². The molecule has 0 bridgehead atoms. The van der Waals surface area contributed by atoms with Crippen LogP contribution in [-0.4, -0.2) is 9.38 Å². The molecule has 0 fully saturated rings. The van der Waals surface area contributed by atoms with Crippen molar-refractivity contribution in [2.45, 2.75) is 11.5 Å². The maximum Gasteiger partial charge on any atom is 0.434 e. The number of hydrogen-bond acceptors (Lipinski definition) is 1. The number of fused-ring (bicyclic) bond motifs is 1. The third-order valence-corrected chi connectivity index (χ3v) is 2.60. The van der Waals surface area contributed by atoms with Gasteiger partial charge in [-0.05, 0) is 6.07 Å². The molecule has 0 radical (unpaired) electrons. The van der Waals surface area contributed by atoms with Gasteiger partial charge in [0, 0.05) is 23.3 Å². The van der Waals surface area contributed by atoms with Crippen LogP contribution in [0.1, 0.15) is 11.3 Å². The fraction of sp³-hybridized carbons (Fsp3) is 0.222. The van der Waals surface area contributed by atoms with E-state index in [9.17, 15) is 13.2 Å². The second-order valence-corrected chi connectivity index (χ2v) is 3.58. The first kappa shape index (κ1) is 10.5. The summed E-state index contributed by atoms with van der Waals surface area (Å²) in [5, 5.41) is 0.478. The molecule has 80 valence electrons. The lowest BCUT2D eigenvalue weighted by molar-refractivity contribution is -0.140. The third kappa shape index (κ3) is 1.86. The van der Waals surface area contributed by atoms with Crippen molar-refractivity contribution in [3.8, 4) is 0 Å². The van der Waals surface area contributed by atoms with Crippen LogP contribution in [0, 0.1) is 0 Å². The van der Waals surface area contributed by atoms with Crippen molar-refractivity contribution in [1.29, 1.82) is 0 Å². The maximum absolute atomic E-state index is 12.4. The predicted octanol–water partition coefficient (Wildman–Crippen LogP) is 3.25. The molecule has 0 amide bonds. The van der Waals surface area contributed by atoms with Crippen LogP contribution in [-0.2, 0) is 11.5 Å². The predicted molar refractivity (Wildman–Crippen MR) is 52.8 cm³/mol. The van der Waals surface area contributed by atoms with Crippen LogP contribution in [0.5, 0.6) is 0 Å². The van der Waals surface area contributed by atoms with E-state index in [1.165, 1.54) is 4.40 Å². The van der Waals surface area contributed by atoms with E-state index in [4.69, 9.17) is 0 Å². The molecule has 0 spiro atoms. The van der Waals surface area contributed by atoms with Gasteiger partial charge in [0.2, 0.25) is 0 Å². The Bertz CT molecular complexity index is 490. The van der Waals surface area contributed by atoms with E-state index in [1.54, 1.807) is 18.3 Å². The van der Waals surface area contributed by atoms with Gasteiger partial charge in [0.05, 0.1) is 0 Å². The van der Waals surface area contributed by atoms with E-state index in [-0.39, 0.29) is 0 Å². The van der Waals surface area contributed by atoms with Crippen molar-refractivity contribution >= 4 is 21.6 Å². The number of pyridine rings is 1. The second-order valence-electron chi connectivity index (χ2n) is 3.02. The van der Waals surface area contributed by atoms with Gasteiger partial charge in [0.25, 0.3) is 0 Å². The van der Waals surface area contributed by atoms with Crippen molar-refractivity contribution in [2.75, 3.05) is 0 Å². The van der Waals surface area contributed by atoms with Crippen LogP contribution >= 0.6 is 15.9 Å². The molecule has 0 atom stereocenters. The van der Waals surface area contributed by atoms with Crippen molar-refractivity contribution < 1.29 is 13.2 Å². The first-order valence-electron chi connectivity index (χ1n) is 4.12. The lowest BCUT2D eigenvalue weighted by Gasteiger charge is -1.98. The Morgan fingerprint density at radius 3 is 2.73 bits per heavy atom. The number of halogens is 4. The lowest BCUT2D eigenvalue weighted by Crippen LogP contribution is -2.04. The Morgan fingerprint density at radius 1 is 1.40 bits per heavy atom. The molecule has 2 nitrogen and oxygen atoms in total. The molecule has 2 aromatic rings. The zero-order valence-electron chi connectivity index (χ0n) is 7.42.